The highest BCUT2D eigenvalue weighted by molar-refractivity contribution is 5.95. The van der Waals surface area contributed by atoms with E-state index in [2.05, 4.69) is 10.3 Å². The number of hydrogen-bond acceptors (Lipinski definition) is 3. The van der Waals surface area contributed by atoms with Crippen LogP contribution in [0.4, 0.5) is 8.78 Å². The lowest BCUT2D eigenvalue weighted by molar-refractivity contribution is 0.0934. The van der Waals surface area contributed by atoms with Gasteiger partial charge in [-0.25, -0.2) is 8.78 Å². The number of methoxy groups -OCH3 is 1. The Morgan fingerprint density at radius 1 is 1.00 bits per heavy atom. The van der Waals surface area contributed by atoms with Crippen LogP contribution in [0.2, 0.25) is 0 Å². The summed E-state index contributed by atoms with van der Waals surface area (Å²) in [6, 6.07) is 12.3. The second-order valence-electron chi connectivity index (χ2n) is 6.01. The average molecular weight is 368 g/mol. The number of amides is 1. The molecular weight excluding hydrogens is 350 g/mol. The third-order valence-electron chi connectivity index (χ3n) is 4.28. The summed E-state index contributed by atoms with van der Waals surface area (Å²) < 4.78 is 33.6. The van der Waals surface area contributed by atoms with Gasteiger partial charge in [0.25, 0.3) is 5.91 Å². The van der Waals surface area contributed by atoms with Crippen LogP contribution in [0.1, 0.15) is 33.1 Å². The zero-order chi connectivity index (χ0) is 19.4. The number of carbonyl (C=O) groups excluding carboxylic acids is 1. The Hall–Kier alpha value is -3.28. The van der Waals surface area contributed by atoms with Crippen molar-refractivity contribution in [3.8, 4) is 5.75 Å². The van der Waals surface area contributed by atoms with Crippen molar-refractivity contribution in [1.82, 2.24) is 10.3 Å². The number of rotatable bonds is 5. The smallest absolute Gasteiger partial charge is 0.258 e. The van der Waals surface area contributed by atoms with Gasteiger partial charge in [-0.3, -0.25) is 9.78 Å². The van der Waals surface area contributed by atoms with E-state index in [0.29, 0.717) is 5.75 Å². The molecule has 1 aromatic heterocycles. The molecule has 3 aromatic rings. The fourth-order valence-electron chi connectivity index (χ4n) is 2.78. The lowest BCUT2D eigenvalue weighted by atomic mass is 9.98. The topological polar surface area (TPSA) is 51.2 Å². The Morgan fingerprint density at radius 3 is 2.26 bits per heavy atom. The minimum Gasteiger partial charge on any atom is -0.497 e. The quantitative estimate of drug-likeness (QED) is 0.734. The van der Waals surface area contributed by atoms with Gasteiger partial charge in [0, 0.05) is 12.4 Å². The van der Waals surface area contributed by atoms with E-state index in [1.165, 1.54) is 13.0 Å². The minimum atomic E-state index is -0.904. The molecule has 0 saturated carbocycles. The number of pyridine rings is 1. The molecule has 4 nitrogen and oxygen atoms in total. The summed E-state index contributed by atoms with van der Waals surface area (Å²) in [5.74, 6) is -1.94. The molecule has 0 bridgehead atoms. The van der Waals surface area contributed by atoms with E-state index in [0.717, 1.165) is 17.2 Å². The van der Waals surface area contributed by atoms with Crippen LogP contribution in [-0.2, 0) is 0 Å². The van der Waals surface area contributed by atoms with Gasteiger partial charge in [0.2, 0.25) is 0 Å². The molecule has 0 spiro atoms. The van der Waals surface area contributed by atoms with E-state index in [-0.39, 0.29) is 5.56 Å². The van der Waals surface area contributed by atoms with Crippen LogP contribution in [-0.4, -0.2) is 18.0 Å². The van der Waals surface area contributed by atoms with Gasteiger partial charge in [0.05, 0.1) is 13.2 Å². The van der Waals surface area contributed by atoms with E-state index in [4.69, 9.17) is 4.74 Å². The van der Waals surface area contributed by atoms with Crippen LogP contribution < -0.4 is 10.1 Å². The first kappa shape index (κ1) is 18.5. The van der Waals surface area contributed by atoms with E-state index < -0.39 is 29.1 Å². The summed E-state index contributed by atoms with van der Waals surface area (Å²) in [5.41, 5.74) is 1.08. The third-order valence-corrected chi connectivity index (χ3v) is 4.28. The fourth-order valence-corrected chi connectivity index (χ4v) is 2.78. The van der Waals surface area contributed by atoms with Gasteiger partial charge in [-0.2, -0.15) is 0 Å². The van der Waals surface area contributed by atoms with Crippen LogP contribution in [0.5, 0.6) is 5.75 Å². The van der Waals surface area contributed by atoms with E-state index in [1.807, 2.05) is 0 Å². The predicted molar refractivity (Wildman–Crippen MR) is 97.6 cm³/mol. The molecule has 138 valence electrons. The first-order chi connectivity index (χ1) is 13.0. The van der Waals surface area contributed by atoms with Gasteiger partial charge in [-0.1, -0.05) is 18.2 Å². The first-order valence-electron chi connectivity index (χ1n) is 8.30. The van der Waals surface area contributed by atoms with E-state index >= 15 is 0 Å². The van der Waals surface area contributed by atoms with Crippen molar-refractivity contribution in [3.63, 3.8) is 0 Å². The summed E-state index contributed by atoms with van der Waals surface area (Å²) in [6.45, 7) is 1.48. The zero-order valence-electron chi connectivity index (χ0n) is 14.9. The largest absolute Gasteiger partial charge is 0.497 e. The van der Waals surface area contributed by atoms with Crippen molar-refractivity contribution in [2.75, 3.05) is 7.11 Å². The maximum atomic E-state index is 14.3. The number of nitrogens with zero attached hydrogens (tertiary/aromatic N) is 1. The van der Waals surface area contributed by atoms with Gasteiger partial charge >= 0.3 is 0 Å². The standard InChI is InChI=1S/C21H18F2N2O2/c1-13-3-8-17(22)18(19(13)23)21(26)25-20(15-9-11-24-12-10-15)14-4-6-16(27-2)7-5-14/h3-12,20H,1-2H3,(H,25,26). The molecule has 3 rings (SSSR count). The average Bonchev–Trinajstić information content (AvgIpc) is 2.70. The van der Waals surface area contributed by atoms with E-state index in [1.54, 1.807) is 55.9 Å². The lowest BCUT2D eigenvalue weighted by Gasteiger charge is -2.20. The molecule has 1 unspecified atom stereocenters. The second kappa shape index (κ2) is 7.95. The molecule has 1 heterocycles. The maximum absolute atomic E-state index is 14.3. The summed E-state index contributed by atoms with van der Waals surface area (Å²) in [6.07, 6.45) is 3.18. The Bertz CT molecular complexity index is 944. The fraction of sp³-hybridized carbons (Fsp3) is 0.143. The molecule has 0 aliphatic heterocycles. The molecule has 0 aliphatic rings. The Labute approximate surface area is 155 Å². The van der Waals surface area contributed by atoms with Gasteiger partial charge in [-0.05, 0) is 53.9 Å². The molecule has 0 radical (unpaired) electrons. The van der Waals surface area contributed by atoms with Crippen molar-refractivity contribution < 1.29 is 18.3 Å². The molecule has 2 aromatic carbocycles. The van der Waals surface area contributed by atoms with Crippen molar-refractivity contribution in [2.45, 2.75) is 13.0 Å². The lowest BCUT2D eigenvalue weighted by Crippen LogP contribution is -2.31. The monoisotopic (exact) mass is 368 g/mol. The highest BCUT2D eigenvalue weighted by Crippen LogP contribution is 2.25. The summed E-state index contributed by atoms with van der Waals surface area (Å²) in [7, 11) is 1.56. The molecule has 0 aliphatic carbocycles. The molecule has 27 heavy (non-hydrogen) atoms. The van der Waals surface area contributed by atoms with Crippen molar-refractivity contribution in [3.05, 3.63) is 94.8 Å². The molecule has 6 heteroatoms. The van der Waals surface area contributed by atoms with Crippen LogP contribution in [0.25, 0.3) is 0 Å². The predicted octanol–water partition coefficient (Wildman–Crippen LogP) is 4.20. The van der Waals surface area contributed by atoms with Gasteiger partial charge in [0.1, 0.15) is 22.9 Å². The number of aryl methyl sites for hydroxylation is 1. The highest BCUT2D eigenvalue weighted by atomic mass is 19.1. The number of hydrogen-bond donors (Lipinski definition) is 1. The van der Waals surface area contributed by atoms with Gasteiger partial charge in [0.15, 0.2) is 0 Å². The van der Waals surface area contributed by atoms with Gasteiger partial charge < -0.3 is 10.1 Å². The van der Waals surface area contributed by atoms with E-state index in [9.17, 15) is 13.6 Å². The van der Waals surface area contributed by atoms with Gasteiger partial charge in [-0.15, -0.1) is 0 Å². The highest BCUT2D eigenvalue weighted by Gasteiger charge is 2.23. The summed E-state index contributed by atoms with van der Waals surface area (Å²) >= 11 is 0. The molecule has 1 amide bonds. The number of aromatic nitrogens is 1. The van der Waals surface area contributed by atoms with Crippen molar-refractivity contribution in [1.29, 1.82) is 0 Å². The number of carbonyl (C=O) groups is 1. The molecule has 0 fully saturated rings. The zero-order valence-corrected chi connectivity index (χ0v) is 14.9. The number of ether oxygens (including phenoxy) is 1. The Balaban J connectivity index is 1.99. The first-order valence-corrected chi connectivity index (χ1v) is 8.30. The molecular formula is C21H18F2N2O2. The van der Waals surface area contributed by atoms with Crippen LogP contribution in [0.15, 0.2) is 60.9 Å². The second-order valence-corrected chi connectivity index (χ2v) is 6.01. The normalized spacial score (nSPS) is 11.7. The summed E-state index contributed by atoms with van der Waals surface area (Å²) in [4.78, 5) is 16.7. The Morgan fingerprint density at radius 2 is 1.63 bits per heavy atom. The van der Waals surface area contributed by atoms with Crippen molar-refractivity contribution >= 4 is 5.91 Å². The van der Waals surface area contributed by atoms with Crippen molar-refractivity contribution in [2.24, 2.45) is 0 Å². The number of nitrogens with one attached hydrogen (secondary N) is 1. The minimum absolute atomic E-state index is 0.200. The molecule has 1 atom stereocenters. The van der Waals surface area contributed by atoms with Crippen LogP contribution >= 0.6 is 0 Å². The molecule has 0 saturated heterocycles. The number of benzene rings is 2. The number of halogens is 2. The summed E-state index contributed by atoms with van der Waals surface area (Å²) in [5, 5.41) is 2.72. The molecule has 1 N–H and O–H groups in total. The third kappa shape index (κ3) is 3.95. The van der Waals surface area contributed by atoms with Crippen LogP contribution in [0.3, 0.4) is 0 Å². The maximum Gasteiger partial charge on any atom is 0.258 e. The SMILES string of the molecule is COc1ccc(C(NC(=O)c2c(F)ccc(C)c2F)c2ccncc2)cc1. The van der Waals surface area contributed by atoms with Crippen LogP contribution in [0, 0.1) is 18.6 Å². The Kier molecular flexibility index (Phi) is 5.45.